The highest BCUT2D eigenvalue weighted by Gasteiger charge is 2.31. The number of likely N-dealkylation sites (N-methyl/N-ethyl adjacent to an activating group) is 1. The number of hydrogen-bond acceptors (Lipinski definition) is 5. The average Bonchev–Trinajstić information content (AvgIpc) is 2.85. The van der Waals surface area contributed by atoms with E-state index in [0.717, 1.165) is 17.9 Å². The molecule has 0 aliphatic carbocycles. The van der Waals surface area contributed by atoms with E-state index in [1.54, 1.807) is 7.11 Å². The number of pyridine rings is 1. The lowest BCUT2D eigenvalue weighted by atomic mass is 10.2. The standard InChI is InChI=1S/C15H24FN3O2/c1-18(5-6-21-2)15-4-3-12(8-17-15)9-19-10-13(16)7-14(19)11-20/h3-4,8,13-14,20H,5-7,9-11H2,1-2H3/t13-,14-/m0/s1. The molecule has 1 fully saturated rings. The van der Waals surface area contributed by atoms with Crippen LogP contribution in [0.3, 0.4) is 0 Å². The number of likely N-dealkylation sites (tertiary alicyclic amines) is 1. The molecule has 2 heterocycles. The van der Waals surface area contributed by atoms with Gasteiger partial charge in [-0.25, -0.2) is 9.37 Å². The Hall–Kier alpha value is -1.24. The van der Waals surface area contributed by atoms with Crippen molar-refractivity contribution in [2.75, 3.05) is 45.4 Å². The molecule has 1 aromatic rings. The van der Waals surface area contributed by atoms with Crippen LogP contribution in [0.1, 0.15) is 12.0 Å². The van der Waals surface area contributed by atoms with E-state index < -0.39 is 6.17 Å². The van der Waals surface area contributed by atoms with E-state index in [4.69, 9.17) is 4.74 Å². The molecule has 5 nitrogen and oxygen atoms in total. The molecule has 0 saturated carbocycles. The molecule has 0 aromatic carbocycles. The Bertz CT molecular complexity index is 429. The van der Waals surface area contributed by atoms with Gasteiger partial charge in [0.05, 0.1) is 13.2 Å². The van der Waals surface area contributed by atoms with E-state index in [2.05, 4.69) is 4.98 Å². The van der Waals surface area contributed by atoms with Crippen LogP contribution < -0.4 is 4.90 Å². The summed E-state index contributed by atoms with van der Waals surface area (Å²) in [7, 11) is 3.65. The van der Waals surface area contributed by atoms with Crippen LogP contribution >= 0.6 is 0 Å². The van der Waals surface area contributed by atoms with Gasteiger partial charge in [0.25, 0.3) is 0 Å². The van der Waals surface area contributed by atoms with Crippen LogP contribution in [-0.4, -0.2) is 67.7 Å². The maximum atomic E-state index is 13.4. The molecule has 0 radical (unpaired) electrons. The maximum absolute atomic E-state index is 13.4. The third-order valence-electron chi connectivity index (χ3n) is 3.90. The fraction of sp³-hybridized carbons (Fsp3) is 0.667. The SMILES string of the molecule is COCCN(C)c1ccc(CN2C[C@@H](F)C[C@H]2CO)cn1. The first-order valence-electron chi connectivity index (χ1n) is 7.28. The van der Waals surface area contributed by atoms with Gasteiger partial charge in [-0.1, -0.05) is 6.07 Å². The van der Waals surface area contributed by atoms with Crippen molar-refractivity contribution in [3.05, 3.63) is 23.9 Å². The zero-order chi connectivity index (χ0) is 15.2. The number of anilines is 1. The van der Waals surface area contributed by atoms with Crippen LogP contribution in [0.25, 0.3) is 0 Å². The van der Waals surface area contributed by atoms with Crippen molar-refractivity contribution >= 4 is 5.82 Å². The molecule has 1 saturated heterocycles. The number of hydrogen-bond donors (Lipinski definition) is 1. The van der Waals surface area contributed by atoms with Crippen LogP contribution in [0.4, 0.5) is 10.2 Å². The minimum absolute atomic E-state index is 0.00564. The summed E-state index contributed by atoms with van der Waals surface area (Å²) in [6.07, 6.45) is 1.40. The van der Waals surface area contributed by atoms with Crippen molar-refractivity contribution in [1.82, 2.24) is 9.88 Å². The lowest BCUT2D eigenvalue weighted by Gasteiger charge is -2.22. The van der Waals surface area contributed by atoms with Crippen molar-refractivity contribution < 1.29 is 14.2 Å². The number of rotatable bonds is 7. The summed E-state index contributed by atoms with van der Waals surface area (Å²) in [5.74, 6) is 0.888. The first kappa shape index (κ1) is 16.1. The number of aliphatic hydroxyl groups excluding tert-OH is 1. The number of aromatic nitrogens is 1. The zero-order valence-corrected chi connectivity index (χ0v) is 12.7. The van der Waals surface area contributed by atoms with Gasteiger partial charge in [-0.05, 0) is 18.1 Å². The lowest BCUT2D eigenvalue weighted by Crippen LogP contribution is -2.31. The van der Waals surface area contributed by atoms with Crippen LogP contribution in [-0.2, 0) is 11.3 Å². The van der Waals surface area contributed by atoms with Crippen molar-refractivity contribution in [2.24, 2.45) is 0 Å². The molecule has 0 bridgehead atoms. The van der Waals surface area contributed by atoms with Gasteiger partial charge in [0.15, 0.2) is 0 Å². The summed E-state index contributed by atoms with van der Waals surface area (Å²) in [6, 6.07) is 3.89. The van der Waals surface area contributed by atoms with Gasteiger partial charge < -0.3 is 14.7 Å². The van der Waals surface area contributed by atoms with Crippen molar-refractivity contribution in [1.29, 1.82) is 0 Å². The summed E-state index contributed by atoms with van der Waals surface area (Å²) in [5.41, 5.74) is 1.03. The molecule has 2 rings (SSSR count). The second-order valence-electron chi connectivity index (χ2n) is 5.54. The lowest BCUT2D eigenvalue weighted by molar-refractivity contribution is 0.153. The Morgan fingerprint density at radius 2 is 2.33 bits per heavy atom. The zero-order valence-electron chi connectivity index (χ0n) is 12.7. The number of alkyl halides is 1. The number of halogens is 1. The summed E-state index contributed by atoms with van der Waals surface area (Å²) < 4.78 is 18.5. The Kier molecular flexibility index (Phi) is 5.90. The summed E-state index contributed by atoms with van der Waals surface area (Å²) in [6.45, 7) is 2.46. The van der Waals surface area contributed by atoms with E-state index in [1.807, 2.05) is 35.2 Å². The van der Waals surface area contributed by atoms with Crippen molar-refractivity contribution in [2.45, 2.75) is 25.2 Å². The smallest absolute Gasteiger partial charge is 0.128 e. The van der Waals surface area contributed by atoms with Crippen LogP contribution in [0.5, 0.6) is 0 Å². The van der Waals surface area contributed by atoms with Gasteiger partial charge >= 0.3 is 0 Å². The Morgan fingerprint density at radius 3 is 2.95 bits per heavy atom. The van der Waals surface area contributed by atoms with Gasteiger partial charge in [0, 0.05) is 46.0 Å². The first-order chi connectivity index (χ1) is 10.1. The molecule has 21 heavy (non-hydrogen) atoms. The van der Waals surface area contributed by atoms with E-state index in [0.29, 0.717) is 26.1 Å². The van der Waals surface area contributed by atoms with E-state index >= 15 is 0 Å². The van der Waals surface area contributed by atoms with Crippen molar-refractivity contribution in [3.63, 3.8) is 0 Å². The largest absolute Gasteiger partial charge is 0.395 e. The van der Waals surface area contributed by atoms with E-state index in [9.17, 15) is 9.50 Å². The molecule has 1 N–H and O–H groups in total. The number of nitrogens with zero attached hydrogens (tertiary/aromatic N) is 3. The van der Waals surface area contributed by atoms with E-state index in [1.165, 1.54) is 0 Å². The van der Waals surface area contributed by atoms with Gasteiger partial charge in [-0.2, -0.15) is 0 Å². The predicted molar refractivity (Wildman–Crippen MR) is 80.2 cm³/mol. The Balaban J connectivity index is 1.93. The van der Waals surface area contributed by atoms with Crippen molar-refractivity contribution in [3.8, 4) is 0 Å². The molecule has 0 spiro atoms. The highest BCUT2D eigenvalue weighted by molar-refractivity contribution is 5.38. The number of aliphatic hydroxyl groups is 1. The number of ether oxygens (including phenoxy) is 1. The normalized spacial score (nSPS) is 22.7. The molecule has 0 unspecified atom stereocenters. The minimum atomic E-state index is -0.838. The molecule has 6 heteroatoms. The predicted octanol–water partition coefficient (Wildman–Crippen LogP) is 1.07. The monoisotopic (exact) mass is 297 g/mol. The third-order valence-corrected chi connectivity index (χ3v) is 3.90. The molecular formula is C15H24FN3O2. The first-order valence-corrected chi connectivity index (χ1v) is 7.28. The van der Waals surface area contributed by atoms with Crippen LogP contribution in [0.2, 0.25) is 0 Å². The quantitative estimate of drug-likeness (QED) is 0.816. The molecule has 118 valence electrons. The molecule has 1 aliphatic heterocycles. The third kappa shape index (κ3) is 4.36. The molecular weight excluding hydrogens is 273 g/mol. The highest BCUT2D eigenvalue weighted by Crippen LogP contribution is 2.22. The summed E-state index contributed by atoms with van der Waals surface area (Å²) in [5, 5.41) is 9.29. The Morgan fingerprint density at radius 1 is 1.52 bits per heavy atom. The second kappa shape index (κ2) is 7.68. The fourth-order valence-electron chi connectivity index (χ4n) is 2.62. The fourth-order valence-corrected chi connectivity index (χ4v) is 2.62. The van der Waals surface area contributed by atoms with Gasteiger partial charge in [-0.15, -0.1) is 0 Å². The second-order valence-corrected chi connectivity index (χ2v) is 5.54. The minimum Gasteiger partial charge on any atom is -0.395 e. The van der Waals surface area contributed by atoms with Gasteiger partial charge in [0.1, 0.15) is 12.0 Å². The number of methoxy groups -OCH3 is 1. The Labute approximate surface area is 125 Å². The summed E-state index contributed by atoms with van der Waals surface area (Å²) >= 11 is 0. The molecule has 0 amide bonds. The van der Waals surface area contributed by atoms with Gasteiger partial charge in [0.2, 0.25) is 0 Å². The molecule has 2 atom stereocenters. The maximum Gasteiger partial charge on any atom is 0.128 e. The van der Waals surface area contributed by atoms with Crippen LogP contribution in [0.15, 0.2) is 18.3 Å². The molecule has 1 aliphatic rings. The topological polar surface area (TPSA) is 48.8 Å². The summed E-state index contributed by atoms with van der Waals surface area (Å²) in [4.78, 5) is 8.44. The van der Waals surface area contributed by atoms with E-state index in [-0.39, 0.29) is 12.6 Å². The molecule has 1 aromatic heterocycles. The van der Waals surface area contributed by atoms with Crippen LogP contribution in [0, 0.1) is 0 Å². The highest BCUT2D eigenvalue weighted by atomic mass is 19.1. The average molecular weight is 297 g/mol. The van der Waals surface area contributed by atoms with Gasteiger partial charge in [-0.3, -0.25) is 4.90 Å².